The number of carboxylic acid groups (broad SMARTS) is 1. The van der Waals surface area contributed by atoms with Gasteiger partial charge in [-0.3, -0.25) is 4.79 Å². The summed E-state index contributed by atoms with van der Waals surface area (Å²) in [5, 5.41) is 8.04. The molecule has 0 aromatic heterocycles. The fourth-order valence-corrected chi connectivity index (χ4v) is 5.45. The number of thioether (sulfide) groups is 1. The molecule has 1 aromatic carbocycles. The Morgan fingerprint density at radius 3 is 2.38 bits per heavy atom. The van der Waals surface area contributed by atoms with E-state index < -0.39 is 32.8 Å². The Labute approximate surface area is 145 Å². The summed E-state index contributed by atoms with van der Waals surface area (Å²) >= 11 is 1.08. The SMILES string of the molecule is COC(=O)C(C)(C)c1ccc(S(=O)(=O)N2CCSC2C(=O)O)cc1. The van der Waals surface area contributed by atoms with E-state index in [-0.39, 0.29) is 11.4 Å². The Morgan fingerprint density at radius 2 is 1.88 bits per heavy atom. The van der Waals surface area contributed by atoms with Gasteiger partial charge in [-0.15, -0.1) is 11.8 Å². The number of sulfonamides is 1. The quantitative estimate of drug-likeness (QED) is 0.776. The molecule has 0 aliphatic carbocycles. The van der Waals surface area contributed by atoms with Gasteiger partial charge in [-0.2, -0.15) is 4.31 Å². The lowest BCUT2D eigenvalue weighted by Gasteiger charge is -2.23. The van der Waals surface area contributed by atoms with Gasteiger partial charge in [0.1, 0.15) is 0 Å². The zero-order chi connectivity index (χ0) is 18.1. The summed E-state index contributed by atoms with van der Waals surface area (Å²) in [6.07, 6.45) is 0. The molecule has 1 aliphatic rings. The van der Waals surface area contributed by atoms with E-state index in [1.54, 1.807) is 26.0 Å². The Bertz CT molecular complexity index is 742. The van der Waals surface area contributed by atoms with Crippen molar-refractivity contribution in [2.24, 2.45) is 0 Å². The summed E-state index contributed by atoms with van der Waals surface area (Å²) in [5.74, 6) is -1.17. The molecule has 1 fully saturated rings. The number of benzene rings is 1. The number of aliphatic carboxylic acids is 1. The number of hydrogen-bond acceptors (Lipinski definition) is 6. The van der Waals surface area contributed by atoms with Gasteiger partial charge in [0.15, 0.2) is 5.37 Å². The molecular formula is C15H19NO6S2. The third-order valence-electron chi connectivity index (χ3n) is 3.94. The van der Waals surface area contributed by atoms with Gasteiger partial charge in [-0.1, -0.05) is 12.1 Å². The summed E-state index contributed by atoms with van der Waals surface area (Å²) in [4.78, 5) is 23.0. The molecule has 7 nitrogen and oxygen atoms in total. The van der Waals surface area contributed by atoms with Crippen molar-refractivity contribution in [3.63, 3.8) is 0 Å². The molecule has 0 bridgehead atoms. The molecule has 1 aliphatic heterocycles. The van der Waals surface area contributed by atoms with Gasteiger partial charge in [0, 0.05) is 12.3 Å². The normalized spacial score (nSPS) is 19.2. The van der Waals surface area contributed by atoms with Crippen molar-refractivity contribution >= 4 is 33.7 Å². The maximum atomic E-state index is 12.7. The lowest BCUT2D eigenvalue weighted by Crippen LogP contribution is -2.39. The zero-order valence-corrected chi connectivity index (χ0v) is 15.2. The van der Waals surface area contributed by atoms with Crippen LogP contribution in [0.25, 0.3) is 0 Å². The van der Waals surface area contributed by atoms with E-state index in [4.69, 9.17) is 9.84 Å². The first-order valence-electron chi connectivity index (χ1n) is 7.17. The molecule has 1 unspecified atom stereocenters. The van der Waals surface area contributed by atoms with Crippen molar-refractivity contribution in [2.75, 3.05) is 19.4 Å². The van der Waals surface area contributed by atoms with Crippen LogP contribution in [0, 0.1) is 0 Å². The number of carbonyl (C=O) groups is 2. The Kier molecular flexibility index (Phi) is 5.26. The van der Waals surface area contributed by atoms with E-state index in [1.807, 2.05) is 0 Å². The van der Waals surface area contributed by atoms with E-state index in [0.717, 1.165) is 16.1 Å². The van der Waals surface area contributed by atoms with Crippen LogP contribution in [0.4, 0.5) is 0 Å². The number of esters is 1. The first-order valence-corrected chi connectivity index (χ1v) is 9.66. The van der Waals surface area contributed by atoms with Crippen LogP contribution in [-0.2, 0) is 29.8 Å². The number of methoxy groups -OCH3 is 1. The monoisotopic (exact) mass is 373 g/mol. The molecule has 1 aromatic rings. The van der Waals surface area contributed by atoms with Crippen LogP contribution in [0.1, 0.15) is 19.4 Å². The van der Waals surface area contributed by atoms with E-state index in [2.05, 4.69) is 0 Å². The topological polar surface area (TPSA) is 101 Å². The van der Waals surface area contributed by atoms with Gasteiger partial charge < -0.3 is 9.84 Å². The standard InChI is InChI=1S/C15H19NO6S2/c1-15(2,14(19)22-3)10-4-6-11(7-5-10)24(20,21)16-8-9-23-12(16)13(17)18/h4-7,12H,8-9H2,1-3H3,(H,17,18). The van der Waals surface area contributed by atoms with Crippen LogP contribution in [0.3, 0.4) is 0 Å². The highest BCUT2D eigenvalue weighted by atomic mass is 32.2. The molecule has 0 saturated carbocycles. The summed E-state index contributed by atoms with van der Waals surface area (Å²) in [7, 11) is -2.61. The molecule has 1 heterocycles. The fourth-order valence-electron chi connectivity index (χ4n) is 2.45. The molecule has 1 N–H and O–H groups in total. The predicted molar refractivity (Wildman–Crippen MR) is 89.3 cm³/mol. The first kappa shape index (κ1) is 18.8. The molecule has 9 heteroatoms. The number of hydrogen-bond donors (Lipinski definition) is 1. The lowest BCUT2D eigenvalue weighted by molar-refractivity contribution is -0.146. The largest absolute Gasteiger partial charge is 0.479 e. The summed E-state index contributed by atoms with van der Waals surface area (Å²) in [5.41, 5.74) is -0.302. The molecule has 1 saturated heterocycles. The van der Waals surface area contributed by atoms with Gasteiger partial charge in [-0.05, 0) is 31.5 Å². The van der Waals surface area contributed by atoms with Crippen LogP contribution < -0.4 is 0 Å². The van der Waals surface area contributed by atoms with Crippen molar-refractivity contribution in [3.8, 4) is 0 Å². The van der Waals surface area contributed by atoms with Gasteiger partial charge in [0.2, 0.25) is 10.0 Å². The first-order chi connectivity index (χ1) is 11.1. The minimum atomic E-state index is -3.91. The Balaban J connectivity index is 2.33. The van der Waals surface area contributed by atoms with Gasteiger partial charge in [0.25, 0.3) is 0 Å². The van der Waals surface area contributed by atoms with E-state index in [1.165, 1.54) is 19.2 Å². The second-order valence-electron chi connectivity index (χ2n) is 5.82. The number of nitrogens with zero attached hydrogens (tertiary/aromatic N) is 1. The zero-order valence-electron chi connectivity index (χ0n) is 13.6. The highest BCUT2D eigenvalue weighted by Crippen LogP contribution is 2.31. The number of ether oxygens (including phenoxy) is 1. The Hall–Kier alpha value is -1.58. The fraction of sp³-hybridized carbons (Fsp3) is 0.467. The number of carboxylic acids is 1. The Morgan fingerprint density at radius 1 is 1.29 bits per heavy atom. The van der Waals surface area contributed by atoms with Gasteiger partial charge in [-0.25, -0.2) is 13.2 Å². The average molecular weight is 373 g/mol. The molecule has 0 spiro atoms. The maximum absolute atomic E-state index is 12.7. The molecule has 1 atom stereocenters. The second-order valence-corrected chi connectivity index (χ2v) is 8.90. The minimum Gasteiger partial charge on any atom is -0.479 e. The highest BCUT2D eigenvalue weighted by molar-refractivity contribution is 8.02. The third kappa shape index (κ3) is 3.28. The molecule has 132 valence electrons. The molecular weight excluding hydrogens is 354 g/mol. The summed E-state index contributed by atoms with van der Waals surface area (Å²) in [6.45, 7) is 3.51. The molecule has 0 radical (unpaired) electrons. The maximum Gasteiger partial charge on any atom is 0.332 e. The molecule has 24 heavy (non-hydrogen) atoms. The van der Waals surface area contributed by atoms with Crippen LogP contribution in [0.15, 0.2) is 29.2 Å². The molecule has 0 amide bonds. The highest BCUT2D eigenvalue weighted by Gasteiger charge is 2.40. The van der Waals surface area contributed by atoms with Gasteiger partial charge >= 0.3 is 11.9 Å². The summed E-state index contributed by atoms with van der Waals surface area (Å²) < 4.78 is 31.1. The van der Waals surface area contributed by atoms with Crippen LogP contribution in [0.5, 0.6) is 0 Å². The van der Waals surface area contributed by atoms with Crippen molar-refractivity contribution in [1.82, 2.24) is 4.31 Å². The predicted octanol–water partition coefficient (Wildman–Crippen LogP) is 1.29. The van der Waals surface area contributed by atoms with Crippen LogP contribution in [0.2, 0.25) is 0 Å². The summed E-state index contributed by atoms with van der Waals surface area (Å²) in [6, 6.07) is 5.86. The smallest absolute Gasteiger partial charge is 0.332 e. The van der Waals surface area contributed by atoms with Crippen molar-refractivity contribution < 1.29 is 27.9 Å². The average Bonchev–Trinajstić information content (AvgIpc) is 3.04. The van der Waals surface area contributed by atoms with Crippen molar-refractivity contribution in [2.45, 2.75) is 29.5 Å². The minimum absolute atomic E-state index is 0.000616. The van der Waals surface area contributed by atoms with E-state index in [9.17, 15) is 18.0 Å². The van der Waals surface area contributed by atoms with Crippen molar-refractivity contribution in [1.29, 1.82) is 0 Å². The molecule has 2 rings (SSSR count). The third-order valence-corrected chi connectivity index (χ3v) is 7.14. The van der Waals surface area contributed by atoms with Crippen LogP contribution in [-0.4, -0.2) is 54.5 Å². The lowest BCUT2D eigenvalue weighted by atomic mass is 9.85. The van der Waals surface area contributed by atoms with Crippen LogP contribution >= 0.6 is 11.8 Å². The second kappa shape index (κ2) is 6.73. The van der Waals surface area contributed by atoms with Crippen molar-refractivity contribution in [3.05, 3.63) is 29.8 Å². The number of rotatable bonds is 5. The van der Waals surface area contributed by atoms with E-state index in [0.29, 0.717) is 11.3 Å². The van der Waals surface area contributed by atoms with E-state index >= 15 is 0 Å². The number of carbonyl (C=O) groups excluding carboxylic acids is 1. The van der Waals surface area contributed by atoms with Gasteiger partial charge in [0.05, 0.1) is 17.4 Å².